The lowest BCUT2D eigenvalue weighted by molar-refractivity contribution is 0.0927. The molecule has 0 aromatic heterocycles. The smallest absolute Gasteiger partial charge is 0.183 e. The highest BCUT2D eigenvalue weighted by Gasteiger charge is 2.16. The van der Waals surface area contributed by atoms with Gasteiger partial charge in [0.25, 0.3) is 0 Å². The molecule has 0 aliphatic carbocycles. The summed E-state index contributed by atoms with van der Waals surface area (Å²) in [4.78, 5) is 11.9. The number of rotatable bonds is 3. The molecule has 0 aliphatic rings. The minimum atomic E-state index is -0.873. The first-order valence-electron chi connectivity index (χ1n) is 5.04. The Bertz CT molecular complexity index is 517. The molecule has 3 N–H and O–H groups in total. The molecule has 0 unspecified atom stereocenters. The summed E-state index contributed by atoms with van der Waals surface area (Å²) in [6.07, 6.45) is 0. The zero-order chi connectivity index (χ0) is 11.5. The molecular weight excluding hydrogens is 202 g/mol. The second-order valence-corrected chi connectivity index (χ2v) is 3.59. The van der Waals surface area contributed by atoms with Crippen LogP contribution in [0.25, 0.3) is 10.8 Å². The number of aliphatic hydroxyl groups excluding tert-OH is 1. The van der Waals surface area contributed by atoms with E-state index in [2.05, 4.69) is 6.07 Å². The second-order valence-electron chi connectivity index (χ2n) is 3.59. The number of nitrogens with two attached hydrogens (primary N) is 1. The van der Waals surface area contributed by atoms with Gasteiger partial charge in [0.15, 0.2) is 5.78 Å². The maximum atomic E-state index is 11.9. The third-order valence-electron chi connectivity index (χ3n) is 2.50. The van der Waals surface area contributed by atoms with Crippen LogP contribution in [0.15, 0.2) is 36.4 Å². The average Bonchev–Trinajstić information content (AvgIpc) is 2.36. The number of aliphatic hydroxyl groups is 1. The van der Waals surface area contributed by atoms with Gasteiger partial charge in [-0.2, -0.15) is 0 Å². The van der Waals surface area contributed by atoms with Crippen LogP contribution in [0, 0.1) is 6.07 Å². The van der Waals surface area contributed by atoms with Crippen molar-refractivity contribution in [2.75, 3.05) is 6.61 Å². The summed E-state index contributed by atoms with van der Waals surface area (Å²) < 4.78 is 0. The predicted molar refractivity (Wildman–Crippen MR) is 62.2 cm³/mol. The molecule has 81 valence electrons. The largest absolute Gasteiger partial charge is 0.394 e. The highest BCUT2D eigenvalue weighted by atomic mass is 16.3. The molecule has 0 spiro atoms. The van der Waals surface area contributed by atoms with Crippen LogP contribution in [0.1, 0.15) is 10.4 Å². The summed E-state index contributed by atoms with van der Waals surface area (Å²) >= 11 is 0. The number of Topliss-reactive ketones (excluding diaryl/α,β-unsaturated/α-hetero) is 1. The van der Waals surface area contributed by atoms with E-state index in [1.807, 2.05) is 30.3 Å². The van der Waals surface area contributed by atoms with Crippen molar-refractivity contribution in [3.63, 3.8) is 0 Å². The Balaban J connectivity index is 2.56. The van der Waals surface area contributed by atoms with Crippen LogP contribution in [-0.2, 0) is 0 Å². The number of ketones is 1. The Morgan fingerprint density at radius 3 is 2.88 bits per heavy atom. The first kappa shape index (κ1) is 10.8. The van der Waals surface area contributed by atoms with Crippen LogP contribution >= 0.6 is 0 Å². The number of hydrogen-bond acceptors (Lipinski definition) is 3. The summed E-state index contributed by atoms with van der Waals surface area (Å²) in [5.41, 5.74) is 5.96. The Kier molecular flexibility index (Phi) is 2.99. The van der Waals surface area contributed by atoms with Crippen molar-refractivity contribution in [3.05, 3.63) is 48.0 Å². The first-order valence-corrected chi connectivity index (χ1v) is 5.04. The van der Waals surface area contributed by atoms with Crippen molar-refractivity contribution >= 4 is 16.6 Å². The quantitative estimate of drug-likeness (QED) is 0.753. The minimum absolute atomic E-state index is 0.278. The number of carbonyl (C=O) groups is 1. The summed E-state index contributed by atoms with van der Waals surface area (Å²) in [6, 6.07) is 13.1. The highest BCUT2D eigenvalue weighted by Crippen LogP contribution is 2.18. The van der Waals surface area contributed by atoms with Gasteiger partial charge in [-0.05, 0) is 16.8 Å². The van der Waals surface area contributed by atoms with Crippen LogP contribution < -0.4 is 5.73 Å². The van der Waals surface area contributed by atoms with Crippen LogP contribution in [0.2, 0.25) is 0 Å². The van der Waals surface area contributed by atoms with Gasteiger partial charge in [-0.15, -0.1) is 0 Å². The van der Waals surface area contributed by atoms with Crippen molar-refractivity contribution < 1.29 is 9.90 Å². The highest BCUT2D eigenvalue weighted by molar-refractivity contribution is 6.10. The molecule has 0 aliphatic heterocycles. The fourth-order valence-electron chi connectivity index (χ4n) is 1.63. The van der Waals surface area contributed by atoms with E-state index in [1.165, 1.54) is 0 Å². The predicted octanol–water partition coefficient (Wildman–Crippen LogP) is 1.14. The van der Waals surface area contributed by atoms with Crippen molar-refractivity contribution in [1.82, 2.24) is 0 Å². The van der Waals surface area contributed by atoms with E-state index < -0.39 is 6.04 Å². The monoisotopic (exact) mass is 214 g/mol. The van der Waals surface area contributed by atoms with Crippen LogP contribution in [0.4, 0.5) is 0 Å². The maximum Gasteiger partial charge on any atom is 0.183 e. The van der Waals surface area contributed by atoms with Gasteiger partial charge in [0.2, 0.25) is 0 Å². The molecule has 2 rings (SSSR count). The summed E-state index contributed by atoms with van der Waals surface area (Å²) in [7, 11) is 0. The fraction of sp³-hybridized carbons (Fsp3) is 0.154. The molecule has 0 bridgehead atoms. The van der Waals surface area contributed by atoms with Gasteiger partial charge < -0.3 is 10.8 Å². The van der Waals surface area contributed by atoms with Crippen molar-refractivity contribution in [1.29, 1.82) is 0 Å². The van der Waals surface area contributed by atoms with E-state index >= 15 is 0 Å². The van der Waals surface area contributed by atoms with Gasteiger partial charge >= 0.3 is 0 Å². The zero-order valence-electron chi connectivity index (χ0n) is 8.68. The summed E-state index contributed by atoms with van der Waals surface area (Å²) in [5.74, 6) is -0.278. The van der Waals surface area contributed by atoms with E-state index in [4.69, 9.17) is 10.8 Å². The van der Waals surface area contributed by atoms with Gasteiger partial charge in [0.1, 0.15) is 0 Å². The fourth-order valence-corrected chi connectivity index (χ4v) is 1.63. The topological polar surface area (TPSA) is 63.3 Å². The molecule has 2 aromatic rings. The molecule has 1 radical (unpaired) electrons. The SMILES string of the molecule is N[C@@H](CO)C(=O)c1[c]ccc2ccccc12. The summed E-state index contributed by atoms with van der Waals surface area (Å²) in [6.45, 7) is -0.351. The molecule has 0 saturated heterocycles. The van der Waals surface area contributed by atoms with Gasteiger partial charge in [-0.25, -0.2) is 0 Å². The lowest BCUT2D eigenvalue weighted by Gasteiger charge is -2.09. The Morgan fingerprint density at radius 1 is 1.38 bits per heavy atom. The van der Waals surface area contributed by atoms with E-state index in [9.17, 15) is 4.79 Å². The summed E-state index contributed by atoms with van der Waals surface area (Å²) in [5, 5.41) is 10.7. The molecule has 0 amide bonds. The molecule has 3 nitrogen and oxygen atoms in total. The second kappa shape index (κ2) is 4.43. The van der Waals surface area contributed by atoms with Gasteiger partial charge in [0.05, 0.1) is 12.6 Å². The lowest BCUT2D eigenvalue weighted by atomic mass is 9.98. The molecule has 0 heterocycles. The van der Waals surface area contributed by atoms with Crippen molar-refractivity contribution in [2.24, 2.45) is 5.73 Å². The first-order chi connectivity index (χ1) is 7.74. The van der Waals surface area contributed by atoms with Crippen LogP contribution in [0.5, 0.6) is 0 Å². The molecule has 3 heteroatoms. The van der Waals surface area contributed by atoms with Crippen LogP contribution in [0.3, 0.4) is 0 Å². The lowest BCUT2D eigenvalue weighted by Crippen LogP contribution is -2.34. The average molecular weight is 214 g/mol. The Labute approximate surface area is 93.5 Å². The molecule has 0 saturated carbocycles. The minimum Gasteiger partial charge on any atom is -0.394 e. The van der Waals surface area contributed by atoms with E-state index in [-0.39, 0.29) is 12.4 Å². The number of carbonyl (C=O) groups excluding carboxylic acids is 1. The number of fused-ring (bicyclic) bond motifs is 1. The Morgan fingerprint density at radius 2 is 2.12 bits per heavy atom. The molecular formula is C13H12NO2. The standard InChI is InChI=1S/C13H12NO2/c14-12(8-15)13(16)11-7-3-5-9-4-1-2-6-10(9)11/h1-6,12,15H,8,14H2/t12-/m0/s1. The molecule has 16 heavy (non-hydrogen) atoms. The Hall–Kier alpha value is -1.71. The van der Waals surface area contributed by atoms with Crippen molar-refractivity contribution in [2.45, 2.75) is 6.04 Å². The third kappa shape index (κ3) is 1.83. The number of hydrogen-bond donors (Lipinski definition) is 2. The normalized spacial score (nSPS) is 12.6. The van der Waals surface area contributed by atoms with Gasteiger partial charge in [-0.3, -0.25) is 4.79 Å². The van der Waals surface area contributed by atoms with Gasteiger partial charge in [0, 0.05) is 5.56 Å². The van der Waals surface area contributed by atoms with Crippen molar-refractivity contribution in [3.8, 4) is 0 Å². The molecule has 0 fully saturated rings. The number of benzene rings is 2. The maximum absolute atomic E-state index is 11.9. The van der Waals surface area contributed by atoms with E-state index in [0.29, 0.717) is 5.56 Å². The van der Waals surface area contributed by atoms with Crippen LogP contribution in [-0.4, -0.2) is 23.5 Å². The molecule has 1 atom stereocenters. The molecule has 2 aromatic carbocycles. The zero-order valence-corrected chi connectivity index (χ0v) is 8.68. The van der Waals surface area contributed by atoms with E-state index in [0.717, 1.165) is 10.8 Å². The van der Waals surface area contributed by atoms with E-state index in [1.54, 1.807) is 6.07 Å². The van der Waals surface area contributed by atoms with Gasteiger partial charge in [-0.1, -0.05) is 36.4 Å². The third-order valence-corrected chi connectivity index (χ3v) is 2.50.